The van der Waals surface area contributed by atoms with Gasteiger partial charge in [0.15, 0.2) is 0 Å². The van der Waals surface area contributed by atoms with E-state index in [4.69, 9.17) is 0 Å². The van der Waals surface area contributed by atoms with Gasteiger partial charge >= 0.3 is 0 Å². The first kappa shape index (κ1) is 16.0. The molecule has 2 heterocycles. The zero-order chi connectivity index (χ0) is 15.2. The molecule has 6 nitrogen and oxygen atoms in total. The zero-order valence-electron chi connectivity index (χ0n) is 13.0. The zero-order valence-corrected chi connectivity index (χ0v) is 13.0. The van der Waals surface area contributed by atoms with Gasteiger partial charge in [-0.25, -0.2) is 0 Å². The van der Waals surface area contributed by atoms with Crippen molar-refractivity contribution in [2.75, 3.05) is 25.0 Å². The number of anilines is 1. The van der Waals surface area contributed by atoms with Crippen LogP contribution in [0.1, 0.15) is 33.1 Å². The lowest BCUT2D eigenvalue weighted by Crippen LogP contribution is -2.41. The summed E-state index contributed by atoms with van der Waals surface area (Å²) in [5, 5.41) is 16.8. The summed E-state index contributed by atoms with van der Waals surface area (Å²) in [6, 6.07) is 0. The molecule has 0 saturated carbocycles. The minimum Gasteiger partial charge on any atom is -0.392 e. The van der Waals surface area contributed by atoms with E-state index in [2.05, 4.69) is 15.3 Å². The highest BCUT2D eigenvalue weighted by Gasteiger charge is 2.25. The van der Waals surface area contributed by atoms with Crippen molar-refractivity contribution in [2.24, 2.45) is 5.92 Å². The number of likely N-dealkylation sites (tertiary alicyclic amines) is 1. The van der Waals surface area contributed by atoms with Crippen molar-refractivity contribution >= 4 is 11.6 Å². The first-order valence-corrected chi connectivity index (χ1v) is 7.86. The largest absolute Gasteiger partial charge is 0.392 e. The highest BCUT2D eigenvalue weighted by Crippen LogP contribution is 2.19. The van der Waals surface area contributed by atoms with Gasteiger partial charge in [-0.05, 0) is 39.3 Å². The van der Waals surface area contributed by atoms with Crippen molar-refractivity contribution in [1.82, 2.24) is 14.7 Å². The van der Waals surface area contributed by atoms with Crippen LogP contribution in [0.3, 0.4) is 0 Å². The number of carbonyl (C=O) groups is 1. The SMILES string of the molecule is CC[C@@H](O)CN1CCC(C(=O)Nc2cnn(CC)c2)CC1. The summed E-state index contributed by atoms with van der Waals surface area (Å²) in [5.74, 6) is 0.145. The Morgan fingerprint density at radius 1 is 1.48 bits per heavy atom. The number of aromatic nitrogens is 2. The highest BCUT2D eigenvalue weighted by atomic mass is 16.3. The van der Waals surface area contributed by atoms with Crippen molar-refractivity contribution in [3.8, 4) is 0 Å². The Labute approximate surface area is 126 Å². The van der Waals surface area contributed by atoms with Gasteiger partial charge in [0.05, 0.1) is 18.0 Å². The average Bonchev–Trinajstić information content (AvgIpc) is 2.95. The number of aliphatic hydroxyl groups is 1. The van der Waals surface area contributed by atoms with Gasteiger partial charge in [-0.15, -0.1) is 0 Å². The number of rotatable bonds is 6. The van der Waals surface area contributed by atoms with E-state index < -0.39 is 0 Å². The second kappa shape index (κ2) is 7.56. The number of amides is 1. The van der Waals surface area contributed by atoms with Crippen molar-refractivity contribution in [1.29, 1.82) is 0 Å². The van der Waals surface area contributed by atoms with Crippen LogP contribution in [0.5, 0.6) is 0 Å². The summed E-state index contributed by atoms with van der Waals surface area (Å²) in [6.45, 7) is 7.27. The van der Waals surface area contributed by atoms with Gasteiger partial charge in [0.25, 0.3) is 0 Å². The normalized spacial score (nSPS) is 18.6. The van der Waals surface area contributed by atoms with Crippen LogP contribution in [0, 0.1) is 5.92 Å². The fourth-order valence-electron chi connectivity index (χ4n) is 2.65. The number of carbonyl (C=O) groups excluding carboxylic acids is 1. The van der Waals surface area contributed by atoms with Gasteiger partial charge in [0.1, 0.15) is 0 Å². The molecule has 1 amide bonds. The van der Waals surface area contributed by atoms with E-state index in [0.29, 0.717) is 6.54 Å². The molecular weight excluding hydrogens is 268 g/mol. The van der Waals surface area contributed by atoms with Crippen LogP contribution >= 0.6 is 0 Å². The number of β-amino-alcohol motifs (C(OH)–C–C–N with tert-alkyl or cyclic N) is 1. The van der Waals surface area contributed by atoms with E-state index in [1.165, 1.54) is 0 Å². The average molecular weight is 294 g/mol. The fourth-order valence-corrected chi connectivity index (χ4v) is 2.65. The maximum atomic E-state index is 12.2. The van der Waals surface area contributed by atoms with Crippen LogP contribution < -0.4 is 5.32 Å². The van der Waals surface area contributed by atoms with Crippen LogP contribution in [0.2, 0.25) is 0 Å². The molecule has 0 radical (unpaired) electrons. The van der Waals surface area contributed by atoms with Crippen LogP contribution in [-0.4, -0.2) is 51.4 Å². The van der Waals surface area contributed by atoms with Crippen molar-refractivity contribution < 1.29 is 9.90 Å². The van der Waals surface area contributed by atoms with E-state index >= 15 is 0 Å². The molecule has 118 valence electrons. The number of aryl methyl sites for hydroxylation is 1. The molecule has 1 saturated heterocycles. The molecule has 0 aliphatic carbocycles. The molecule has 0 unspecified atom stereocenters. The van der Waals surface area contributed by atoms with E-state index in [9.17, 15) is 9.90 Å². The summed E-state index contributed by atoms with van der Waals surface area (Å²) < 4.78 is 1.80. The van der Waals surface area contributed by atoms with Crippen molar-refractivity contribution in [3.05, 3.63) is 12.4 Å². The topological polar surface area (TPSA) is 70.4 Å². The number of hydrogen-bond donors (Lipinski definition) is 2. The van der Waals surface area contributed by atoms with Gasteiger partial charge in [0.2, 0.25) is 5.91 Å². The number of piperidine rings is 1. The fraction of sp³-hybridized carbons (Fsp3) is 0.733. The standard InChI is InChI=1S/C15H26N4O2/c1-3-14(20)11-18-7-5-12(6-8-18)15(21)17-13-9-16-19(4-2)10-13/h9-10,12,14,20H,3-8,11H2,1-2H3,(H,17,21)/t14-/m1/s1. The van der Waals surface area contributed by atoms with E-state index in [1.54, 1.807) is 10.9 Å². The Morgan fingerprint density at radius 2 is 2.19 bits per heavy atom. The Bertz CT molecular complexity index is 452. The lowest BCUT2D eigenvalue weighted by Gasteiger charge is -2.32. The summed E-state index contributed by atoms with van der Waals surface area (Å²) >= 11 is 0. The van der Waals surface area contributed by atoms with Gasteiger partial charge < -0.3 is 15.3 Å². The minimum absolute atomic E-state index is 0.0602. The van der Waals surface area contributed by atoms with Crippen LogP contribution in [0.25, 0.3) is 0 Å². The number of hydrogen-bond acceptors (Lipinski definition) is 4. The maximum absolute atomic E-state index is 12.2. The van der Waals surface area contributed by atoms with Gasteiger partial charge in [-0.3, -0.25) is 9.48 Å². The molecule has 2 N–H and O–H groups in total. The predicted octanol–water partition coefficient (Wildman–Crippen LogP) is 1.32. The van der Waals surface area contributed by atoms with E-state index in [1.807, 2.05) is 20.0 Å². The van der Waals surface area contributed by atoms with Crippen LogP contribution in [0.15, 0.2) is 12.4 Å². The third kappa shape index (κ3) is 4.54. The van der Waals surface area contributed by atoms with Crippen molar-refractivity contribution in [2.45, 2.75) is 45.8 Å². The molecule has 1 atom stereocenters. The first-order valence-electron chi connectivity index (χ1n) is 7.86. The number of nitrogens with zero attached hydrogens (tertiary/aromatic N) is 3. The second-order valence-electron chi connectivity index (χ2n) is 5.71. The molecule has 1 aromatic heterocycles. The molecule has 0 aromatic carbocycles. The molecule has 0 spiro atoms. The van der Waals surface area contributed by atoms with Crippen LogP contribution in [0.4, 0.5) is 5.69 Å². The molecule has 21 heavy (non-hydrogen) atoms. The minimum atomic E-state index is -0.254. The quantitative estimate of drug-likeness (QED) is 0.830. The number of aliphatic hydroxyl groups excluding tert-OH is 1. The Kier molecular flexibility index (Phi) is 5.76. The van der Waals surface area contributed by atoms with Crippen LogP contribution in [-0.2, 0) is 11.3 Å². The molecule has 6 heteroatoms. The monoisotopic (exact) mass is 294 g/mol. The van der Waals surface area contributed by atoms with Gasteiger partial charge in [-0.1, -0.05) is 6.92 Å². The van der Waals surface area contributed by atoms with E-state index in [0.717, 1.165) is 44.6 Å². The molecule has 1 aliphatic rings. The lowest BCUT2D eigenvalue weighted by atomic mass is 9.95. The molecule has 1 fully saturated rings. The smallest absolute Gasteiger partial charge is 0.227 e. The van der Waals surface area contributed by atoms with Crippen molar-refractivity contribution in [3.63, 3.8) is 0 Å². The first-order chi connectivity index (χ1) is 10.1. The second-order valence-corrected chi connectivity index (χ2v) is 5.71. The summed E-state index contributed by atoms with van der Waals surface area (Å²) in [6.07, 6.45) is 5.77. The third-order valence-corrected chi connectivity index (χ3v) is 4.12. The van der Waals surface area contributed by atoms with Gasteiger partial charge in [0, 0.05) is 25.2 Å². The predicted molar refractivity (Wildman–Crippen MR) is 82.0 cm³/mol. The molecule has 2 rings (SSSR count). The molecule has 1 aromatic rings. The summed E-state index contributed by atoms with van der Waals surface area (Å²) in [5.41, 5.74) is 0.769. The molecule has 0 bridgehead atoms. The summed E-state index contributed by atoms with van der Waals surface area (Å²) in [7, 11) is 0. The molecule has 1 aliphatic heterocycles. The summed E-state index contributed by atoms with van der Waals surface area (Å²) in [4.78, 5) is 14.5. The Morgan fingerprint density at radius 3 is 2.76 bits per heavy atom. The van der Waals surface area contributed by atoms with Gasteiger partial charge in [-0.2, -0.15) is 5.10 Å². The Hall–Kier alpha value is -1.40. The highest BCUT2D eigenvalue weighted by molar-refractivity contribution is 5.92. The number of nitrogens with one attached hydrogen (secondary N) is 1. The Balaban J connectivity index is 1.77. The third-order valence-electron chi connectivity index (χ3n) is 4.12. The molecular formula is C15H26N4O2. The lowest BCUT2D eigenvalue weighted by molar-refractivity contribution is -0.121. The van der Waals surface area contributed by atoms with E-state index in [-0.39, 0.29) is 17.9 Å². The maximum Gasteiger partial charge on any atom is 0.227 e.